The number of nitro groups is 1. The monoisotopic (exact) mass is 248 g/mol. The number of anilines is 1. The summed E-state index contributed by atoms with van der Waals surface area (Å²) in [6.45, 7) is 4.89. The van der Waals surface area contributed by atoms with Crippen molar-refractivity contribution in [3.63, 3.8) is 0 Å². The Morgan fingerprint density at radius 2 is 2.33 bits per heavy atom. The molecule has 1 N–H and O–H groups in total. The molecule has 0 unspecified atom stereocenters. The highest BCUT2D eigenvalue weighted by Crippen LogP contribution is 2.22. The van der Waals surface area contributed by atoms with Crippen molar-refractivity contribution in [1.82, 2.24) is 4.98 Å². The van der Waals surface area contributed by atoms with Crippen molar-refractivity contribution in [3.8, 4) is 6.07 Å². The summed E-state index contributed by atoms with van der Waals surface area (Å²) in [7, 11) is 0. The molecule has 6 heteroatoms. The zero-order valence-corrected chi connectivity index (χ0v) is 10.5. The van der Waals surface area contributed by atoms with E-state index in [-0.39, 0.29) is 17.1 Å². The molecule has 0 aliphatic heterocycles. The Kier molecular flexibility index (Phi) is 5.06. The highest BCUT2D eigenvalue weighted by atomic mass is 16.6. The third-order valence-electron chi connectivity index (χ3n) is 2.44. The van der Waals surface area contributed by atoms with Gasteiger partial charge in [-0.1, -0.05) is 13.8 Å². The number of rotatable bonds is 6. The number of pyridine rings is 1. The standard InChI is InChI=1S/C12H16N4O2/c1-9(2)4-3-5-14-12-11(16(17)18)6-10(7-13)8-15-12/h6,8-9H,3-5H2,1-2H3,(H,14,15). The topological polar surface area (TPSA) is 91.8 Å². The van der Waals surface area contributed by atoms with Crippen molar-refractivity contribution in [3.05, 3.63) is 27.9 Å². The minimum atomic E-state index is -0.529. The maximum Gasteiger partial charge on any atom is 0.312 e. The van der Waals surface area contributed by atoms with Gasteiger partial charge in [-0.3, -0.25) is 10.1 Å². The lowest BCUT2D eigenvalue weighted by Crippen LogP contribution is -2.07. The van der Waals surface area contributed by atoms with Crippen LogP contribution in [0, 0.1) is 27.4 Å². The largest absolute Gasteiger partial charge is 0.364 e. The second kappa shape index (κ2) is 6.55. The average Bonchev–Trinajstić information content (AvgIpc) is 2.34. The van der Waals surface area contributed by atoms with E-state index >= 15 is 0 Å². The number of aromatic nitrogens is 1. The van der Waals surface area contributed by atoms with Crippen molar-refractivity contribution in [2.45, 2.75) is 26.7 Å². The van der Waals surface area contributed by atoms with Crippen LogP contribution < -0.4 is 5.32 Å². The van der Waals surface area contributed by atoms with E-state index in [9.17, 15) is 10.1 Å². The summed E-state index contributed by atoms with van der Waals surface area (Å²) in [5.41, 5.74) is 0.0352. The molecule has 0 spiro atoms. The Hall–Kier alpha value is -2.16. The molecule has 1 aromatic rings. The molecule has 96 valence electrons. The molecule has 0 atom stereocenters. The zero-order chi connectivity index (χ0) is 13.5. The molecule has 0 fully saturated rings. The number of hydrogen-bond acceptors (Lipinski definition) is 5. The molecule has 18 heavy (non-hydrogen) atoms. The smallest absolute Gasteiger partial charge is 0.312 e. The molecular weight excluding hydrogens is 232 g/mol. The van der Waals surface area contributed by atoms with Crippen LogP contribution in [-0.4, -0.2) is 16.5 Å². The van der Waals surface area contributed by atoms with Gasteiger partial charge < -0.3 is 5.32 Å². The molecule has 0 saturated heterocycles. The van der Waals surface area contributed by atoms with Crippen LogP contribution in [0.1, 0.15) is 32.3 Å². The number of nitriles is 1. The molecule has 0 saturated carbocycles. The Bertz CT molecular complexity index is 466. The van der Waals surface area contributed by atoms with Crippen molar-refractivity contribution >= 4 is 11.5 Å². The first-order valence-corrected chi connectivity index (χ1v) is 5.83. The predicted molar refractivity (Wildman–Crippen MR) is 68.2 cm³/mol. The summed E-state index contributed by atoms with van der Waals surface area (Å²) in [4.78, 5) is 14.2. The van der Waals surface area contributed by atoms with Gasteiger partial charge in [-0.15, -0.1) is 0 Å². The van der Waals surface area contributed by atoms with Crippen LogP contribution in [0.5, 0.6) is 0 Å². The molecule has 1 rings (SSSR count). The van der Waals surface area contributed by atoms with Crippen LogP contribution in [0.25, 0.3) is 0 Å². The molecular formula is C12H16N4O2. The zero-order valence-electron chi connectivity index (χ0n) is 10.5. The molecule has 0 aliphatic rings. The normalized spacial score (nSPS) is 10.1. The summed E-state index contributed by atoms with van der Waals surface area (Å²) >= 11 is 0. The van der Waals surface area contributed by atoms with Gasteiger partial charge in [-0.2, -0.15) is 5.26 Å². The fraction of sp³-hybridized carbons (Fsp3) is 0.500. The van der Waals surface area contributed by atoms with Crippen LogP contribution in [-0.2, 0) is 0 Å². The van der Waals surface area contributed by atoms with Crippen molar-refractivity contribution in [2.75, 3.05) is 11.9 Å². The van der Waals surface area contributed by atoms with E-state index in [2.05, 4.69) is 24.1 Å². The van der Waals surface area contributed by atoms with Crippen LogP contribution in [0.2, 0.25) is 0 Å². The quantitative estimate of drug-likeness (QED) is 0.474. The van der Waals surface area contributed by atoms with Crippen LogP contribution in [0.4, 0.5) is 11.5 Å². The fourth-order valence-corrected chi connectivity index (χ4v) is 1.51. The molecule has 0 radical (unpaired) electrons. The van der Waals surface area contributed by atoms with Gasteiger partial charge in [0.1, 0.15) is 6.07 Å². The van der Waals surface area contributed by atoms with Gasteiger partial charge in [0.05, 0.1) is 10.5 Å². The van der Waals surface area contributed by atoms with Crippen molar-refractivity contribution in [2.24, 2.45) is 5.92 Å². The third kappa shape index (κ3) is 4.01. The van der Waals surface area contributed by atoms with E-state index in [1.807, 2.05) is 6.07 Å². The van der Waals surface area contributed by atoms with Crippen molar-refractivity contribution < 1.29 is 4.92 Å². The third-order valence-corrected chi connectivity index (χ3v) is 2.44. The summed E-state index contributed by atoms with van der Waals surface area (Å²) < 4.78 is 0. The van der Waals surface area contributed by atoms with Gasteiger partial charge in [0, 0.05) is 18.8 Å². The maximum atomic E-state index is 10.8. The minimum Gasteiger partial charge on any atom is -0.364 e. The predicted octanol–water partition coefficient (Wildman–Crippen LogP) is 2.71. The van der Waals surface area contributed by atoms with Gasteiger partial charge in [0.2, 0.25) is 5.82 Å². The lowest BCUT2D eigenvalue weighted by molar-refractivity contribution is -0.384. The Morgan fingerprint density at radius 1 is 1.61 bits per heavy atom. The minimum absolute atomic E-state index is 0.154. The number of hydrogen-bond donors (Lipinski definition) is 1. The van der Waals surface area contributed by atoms with E-state index in [1.165, 1.54) is 12.3 Å². The van der Waals surface area contributed by atoms with Gasteiger partial charge in [-0.25, -0.2) is 4.98 Å². The van der Waals surface area contributed by atoms with E-state index in [4.69, 9.17) is 5.26 Å². The molecule has 0 aromatic carbocycles. The first-order chi connectivity index (χ1) is 8.54. The summed E-state index contributed by atoms with van der Waals surface area (Å²) in [5.74, 6) is 0.832. The van der Waals surface area contributed by atoms with Gasteiger partial charge in [-0.05, 0) is 18.8 Å². The lowest BCUT2D eigenvalue weighted by atomic mass is 10.1. The summed E-state index contributed by atoms with van der Waals surface area (Å²) in [6.07, 6.45) is 3.31. The van der Waals surface area contributed by atoms with Crippen LogP contribution >= 0.6 is 0 Å². The molecule has 1 aromatic heterocycles. The number of nitrogens with one attached hydrogen (secondary N) is 1. The molecule has 0 bridgehead atoms. The maximum absolute atomic E-state index is 10.8. The first-order valence-electron chi connectivity index (χ1n) is 5.83. The number of nitrogens with zero attached hydrogens (tertiary/aromatic N) is 3. The lowest BCUT2D eigenvalue weighted by Gasteiger charge is -2.07. The average molecular weight is 248 g/mol. The second-order valence-electron chi connectivity index (χ2n) is 4.42. The van der Waals surface area contributed by atoms with E-state index in [1.54, 1.807) is 0 Å². The van der Waals surface area contributed by atoms with Crippen LogP contribution in [0.3, 0.4) is 0 Å². The van der Waals surface area contributed by atoms with Gasteiger partial charge in [0.15, 0.2) is 0 Å². The first kappa shape index (κ1) is 13.9. The van der Waals surface area contributed by atoms with E-state index in [0.717, 1.165) is 12.8 Å². The fourth-order valence-electron chi connectivity index (χ4n) is 1.51. The van der Waals surface area contributed by atoms with E-state index < -0.39 is 4.92 Å². The Labute approximate surface area is 106 Å². The van der Waals surface area contributed by atoms with Gasteiger partial charge >= 0.3 is 5.69 Å². The SMILES string of the molecule is CC(C)CCCNc1ncc(C#N)cc1[N+](=O)[O-]. The Balaban J connectivity index is 2.70. The van der Waals surface area contributed by atoms with Gasteiger partial charge in [0.25, 0.3) is 0 Å². The highest BCUT2D eigenvalue weighted by Gasteiger charge is 2.15. The van der Waals surface area contributed by atoms with Crippen LogP contribution in [0.15, 0.2) is 12.3 Å². The highest BCUT2D eigenvalue weighted by molar-refractivity contribution is 5.58. The van der Waals surface area contributed by atoms with Crippen molar-refractivity contribution in [1.29, 1.82) is 5.26 Å². The molecule has 0 amide bonds. The molecule has 0 aliphatic carbocycles. The van der Waals surface area contributed by atoms with E-state index in [0.29, 0.717) is 12.5 Å². The molecule has 1 heterocycles. The summed E-state index contributed by atoms with van der Waals surface area (Å²) in [6, 6.07) is 3.07. The molecule has 6 nitrogen and oxygen atoms in total. The summed E-state index contributed by atoms with van der Waals surface area (Å²) in [5, 5.41) is 22.5. The Morgan fingerprint density at radius 3 is 2.89 bits per heavy atom. The second-order valence-corrected chi connectivity index (χ2v) is 4.42.